The predicted octanol–water partition coefficient (Wildman–Crippen LogP) is 2.95. The Morgan fingerprint density at radius 3 is 2.89 bits per heavy atom. The Morgan fingerprint density at radius 2 is 2.16 bits per heavy atom. The Balaban J connectivity index is 1.83. The van der Waals surface area contributed by atoms with Crippen LogP contribution in [0.5, 0.6) is 5.75 Å². The van der Waals surface area contributed by atoms with E-state index in [0.29, 0.717) is 24.6 Å². The van der Waals surface area contributed by atoms with Crippen LogP contribution < -0.4 is 15.8 Å². The molecule has 2 aromatic rings. The zero-order chi connectivity index (χ0) is 13.7. The van der Waals surface area contributed by atoms with E-state index < -0.39 is 5.82 Å². The molecule has 0 atom stereocenters. The molecule has 0 radical (unpaired) electrons. The molecule has 6 heteroatoms. The summed E-state index contributed by atoms with van der Waals surface area (Å²) >= 11 is 5.61. The summed E-state index contributed by atoms with van der Waals surface area (Å²) in [6.07, 6.45) is 1.38. The van der Waals surface area contributed by atoms with Crippen LogP contribution in [0.4, 0.5) is 15.9 Å². The van der Waals surface area contributed by atoms with E-state index in [-0.39, 0.29) is 10.8 Å². The molecule has 0 aliphatic heterocycles. The van der Waals surface area contributed by atoms with Crippen molar-refractivity contribution in [1.82, 2.24) is 4.98 Å². The summed E-state index contributed by atoms with van der Waals surface area (Å²) in [5, 5.41) is 3.08. The SMILES string of the molecule is Nc1ccccc1OCCNc1ncc(Cl)cc1F. The monoisotopic (exact) mass is 281 g/mol. The first-order valence-corrected chi connectivity index (χ1v) is 6.07. The van der Waals surface area contributed by atoms with E-state index in [2.05, 4.69) is 10.3 Å². The van der Waals surface area contributed by atoms with E-state index in [0.717, 1.165) is 0 Å². The zero-order valence-electron chi connectivity index (χ0n) is 10.1. The maximum Gasteiger partial charge on any atom is 0.166 e. The van der Waals surface area contributed by atoms with Crippen molar-refractivity contribution in [3.8, 4) is 5.75 Å². The molecule has 1 aromatic heterocycles. The van der Waals surface area contributed by atoms with Gasteiger partial charge in [0.25, 0.3) is 0 Å². The fraction of sp³-hybridized carbons (Fsp3) is 0.154. The van der Waals surface area contributed by atoms with Crippen LogP contribution in [-0.2, 0) is 0 Å². The van der Waals surface area contributed by atoms with E-state index in [1.165, 1.54) is 12.3 Å². The van der Waals surface area contributed by atoms with Crippen molar-refractivity contribution in [1.29, 1.82) is 0 Å². The number of nitrogens with zero attached hydrogens (tertiary/aromatic N) is 1. The summed E-state index contributed by atoms with van der Waals surface area (Å²) in [5.74, 6) is 0.259. The number of para-hydroxylation sites is 2. The van der Waals surface area contributed by atoms with Crippen molar-refractivity contribution in [2.75, 3.05) is 24.2 Å². The molecule has 0 saturated carbocycles. The summed E-state index contributed by atoms with van der Waals surface area (Å²) < 4.78 is 18.9. The smallest absolute Gasteiger partial charge is 0.166 e. The molecule has 19 heavy (non-hydrogen) atoms. The highest BCUT2D eigenvalue weighted by molar-refractivity contribution is 6.30. The van der Waals surface area contributed by atoms with Crippen molar-refractivity contribution < 1.29 is 9.13 Å². The summed E-state index contributed by atoms with van der Waals surface area (Å²) in [6, 6.07) is 8.39. The molecule has 0 aliphatic rings. The van der Waals surface area contributed by atoms with Gasteiger partial charge in [-0.15, -0.1) is 0 Å². The van der Waals surface area contributed by atoms with Gasteiger partial charge < -0.3 is 15.8 Å². The summed E-state index contributed by atoms with van der Waals surface area (Å²) in [4.78, 5) is 3.84. The van der Waals surface area contributed by atoms with Crippen LogP contribution in [-0.4, -0.2) is 18.1 Å². The fourth-order valence-electron chi connectivity index (χ4n) is 1.49. The molecule has 3 N–H and O–H groups in total. The molecule has 1 aromatic carbocycles. The van der Waals surface area contributed by atoms with Gasteiger partial charge in [0.1, 0.15) is 12.4 Å². The number of benzene rings is 1. The van der Waals surface area contributed by atoms with E-state index >= 15 is 0 Å². The standard InChI is InChI=1S/C13H13ClFN3O/c14-9-7-10(15)13(18-8-9)17-5-6-19-12-4-2-1-3-11(12)16/h1-4,7-8H,5-6,16H2,(H,17,18). The molecule has 0 aliphatic carbocycles. The molecule has 0 spiro atoms. The van der Waals surface area contributed by atoms with Gasteiger partial charge in [-0.05, 0) is 18.2 Å². The first-order chi connectivity index (χ1) is 9.16. The van der Waals surface area contributed by atoms with Crippen LogP contribution in [0.3, 0.4) is 0 Å². The molecule has 0 saturated heterocycles. The highest BCUT2D eigenvalue weighted by Crippen LogP contribution is 2.19. The van der Waals surface area contributed by atoms with Crippen LogP contribution in [0, 0.1) is 5.82 Å². The van der Waals surface area contributed by atoms with E-state index in [4.69, 9.17) is 22.1 Å². The molecule has 0 bridgehead atoms. The molecule has 100 valence electrons. The maximum atomic E-state index is 13.4. The van der Waals surface area contributed by atoms with Crippen LogP contribution in [0.25, 0.3) is 0 Å². The quantitative estimate of drug-likeness (QED) is 0.653. The second kappa shape index (κ2) is 6.24. The second-order valence-electron chi connectivity index (χ2n) is 3.80. The molecule has 4 nitrogen and oxygen atoms in total. The topological polar surface area (TPSA) is 60.2 Å². The number of hydrogen-bond acceptors (Lipinski definition) is 4. The lowest BCUT2D eigenvalue weighted by molar-refractivity contribution is 0.334. The highest BCUT2D eigenvalue weighted by Gasteiger charge is 2.04. The third kappa shape index (κ3) is 3.72. The Labute approximate surface area is 115 Å². The van der Waals surface area contributed by atoms with Gasteiger partial charge in [-0.1, -0.05) is 23.7 Å². The Morgan fingerprint density at radius 1 is 1.37 bits per heavy atom. The normalized spacial score (nSPS) is 10.2. The van der Waals surface area contributed by atoms with Crippen molar-refractivity contribution in [2.24, 2.45) is 0 Å². The molecule has 1 heterocycles. The van der Waals surface area contributed by atoms with Gasteiger partial charge in [0.15, 0.2) is 11.6 Å². The van der Waals surface area contributed by atoms with E-state index in [1.54, 1.807) is 12.1 Å². The zero-order valence-corrected chi connectivity index (χ0v) is 10.8. The molecule has 0 amide bonds. The average Bonchev–Trinajstić information content (AvgIpc) is 2.38. The maximum absolute atomic E-state index is 13.4. The molecular weight excluding hydrogens is 269 g/mol. The molecule has 0 unspecified atom stereocenters. The number of anilines is 2. The number of halogens is 2. The van der Waals surface area contributed by atoms with Crippen molar-refractivity contribution in [3.05, 3.63) is 47.4 Å². The summed E-state index contributed by atoms with van der Waals surface area (Å²) in [7, 11) is 0. The Hall–Kier alpha value is -2.01. The van der Waals surface area contributed by atoms with Crippen molar-refractivity contribution in [3.63, 3.8) is 0 Å². The van der Waals surface area contributed by atoms with Crippen LogP contribution in [0.2, 0.25) is 5.02 Å². The number of aromatic nitrogens is 1. The lowest BCUT2D eigenvalue weighted by Crippen LogP contribution is -2.13. The van der Waals surface area contributed by atoms with Crippen LogP contribution in [0.15, 0.2) is 36.5 Å². The number of nitrogens with one attached hydrogen (secondary N) is 1. The first-order valence-electron chi connectivity index (χ1n) is 5.69. The van der Waals surface area contributed by atoms with Gasteiger partial charge in [0.2, 0.25) is 0 Å². The number of nitrogen functional groups attached to an aromatic ring is 1. The molecular formula is C13H13ClFN3O. The van der Waals surface area contributed by atoms with Crippen molar-refractivity contribution in [2.45, 2.75) is 0 Å². The first kappa shape index (κ1) is 13.4. The van der Waals surface area contributed by atoms with Gasteiger partial charge >= 0.3 is 0 Å². The van der Waals surface area contributed by atoms with E-state index in [9.17, 15) is 4.39 Å². The van der Waals surface area contributed by atoms with Gasteiger partial charge in [-0.3, -0.25) is 0 Å². The minimum atomic E-state index is -0.494. The molecule has 2 rings (SSSR count). The number of pyridine rings is 1. The van der Waals surface area contributed by atoms with Crippen LogP contribution >= 0.6 is 11.6 Å². The van der Waals surface area contributed by atoms with Gasteiger partial charge in [-0.2, -0.15) is 0 Å². The number of nitrogens with two attached hydrogens (primary N) is 1. The van der Waals surface area contributed by atoms with Crippen LogP contribution in [0.1, 0.15) is 0 Å². The minimum Gasteiger partial charge on any atom is -0.490 e. The largest absolute Gasteiger partial charge is 0.490 e. The lowest BCUT2D eigenvalue weighted by atomic mass is 10.3. The third-order valence-electron chi connectivity index (χ3n) is 2.38. The summed E-state index contributed by atoms with van der Waals surface area (Å²) in [5.41, 5.74) is 6.29. The van der Waals surface area contributed by atoms with Gasteiger partial charge in [0, 0.05) is 6.20 Å². The summed E-state index contributed by atoms with van der Waals surface area (Å²) in [6.45, 7) is 0.748. The average molecular weight is 282 g/mol. The number of hydrogen-bond donors (Lipinski definition) is 2. The van der Waals surface area contributed by atoms with E-state index in [1.807, 2.05) is 12.1 Å². The third-order valence-corrected chi connectivity index (χ3v) is 2.59. The van der Waals surface area contributed by atoms with Gasteiger partial charge in [0.05, 0.1) is 17.3 Å². The highest BCUT2D eigenvalue weighted by atomic mass is 35.5. The molecule has 0 fully saturated rings. The van der Waals surface area contributed by atoms with Gasteiger partial charge in [-0.25, -0.2) is 9.37 Å². The Kier molecular flexibility index (Phi) is 4.41. The Bertz CT molecular complexity index is 565. The van der Waals surface area contributed by atoms with Crippen molar-refractivity contribution >= 4 is 23.1 Å². The number of rotatable bonds is 5. The fourth-order valence-corrected chi connectivity index (χ4v) is 1.63. The lowest BCUT2D eigenvalue weighted by Gasteiger charge is -2.10. The number of ether oxygens (including phenoxy) is 1. The second-order valence-corrected chi connectivity index (χ2v) is 4.23. The minimum absolute atomic E-state index is 0.147. The predicted molar refractivity (Wildman–Crippen MR) is 74.0 cm³/mol.